The topological polar surface area (TPSA) is 99.9 Å². The van der Waals surface area contributed by atoms with Gasteiger partial charge < -0.3 is 19.9 Å². The van der Waals surface area contributed by atoms with Crippen LogP contribution in [0.15, 0.2) is 0 Å². The maximum atomic E-state index is 11.7. The van der Waals surface area contributed by atoms with E-state index >= 15 is 0 Å². The highest BCUT2D eigenvalue weighted by Gasteiger charge is 2.28. The van der Waals surface area contributed by atoms with Crippen molar-refractivity contribution in [2.24, 2.45) is 5.73 Å². The lowest BCUT2D eigenvalue weighted by Gasteiger charge is -2.29. The fourth-order valence-corrected chi connectivity index (χ4v) is 1.77. The number of carbonyl (C=O) groups is 2. The van der Waals surface area contributed by atoms with E-state index in [1.165, 1.54) is 7.11 Å². The first-order valence-electron chi connectivity index (χ1n) is 6.39. The molecule has 19 heavy (non-hydrogen) atoms. The van der Waals surface area contributed by atoms with Gasteiger partial charge in [-0.05, 0) is 26.2 Å². The van der Waals surface area contributed by atoms with E-state index in [2.05, 4.69) is 10.1 Å². The summed E-state index contributed by atoms with van der Waals surface area (Å²) >= 11 is 0. The molecule has 110 valence electrons. The van der Waals surface area contributed by atoms with Crippen molar-refractivity contribution in [2.45, 2.75) is 44.5 Å². The summed E-state index contributed by atoms with van der Waals surface area (Å²) in [6.07, 6.45) is 2.15. The number of rotatable bonds is 6. The number of piperidine rings is 1. The Morgan fingerprint density at radius 3 is 2.79 bits per heavy atom. The number of nitrogens with two attached hydrogens (primary N) is 1. The van der Waals surface area contributed by atoms with E-state index in [1.54, 1.807) is 0 Å². The average molecular weight is 274 g/mol. The summed E-state index contributed by atoms with van der Waals surface area (Å²) in [5.74, 6) is -1.03. The van der Waals surface area contributed by atoms with Crippen LogP contribution in [0.4, 0.5) is 0 Å². The van der Waals surface area contributed by atoms with E-state index in [0.29, 0.717) is 13.0 Å². The van der Waals surface area contributed by atoms with Gasteiger partial charge >= 0.3 is 11.9 Å². The zero-order valence-corrected chi connectivity index (χ0v) is 11.4. The van der Waals surface area contributed by atoms with Crippen LogP contribution in [-0.2, 0) is 23.8 Å². The summed E-state index contributed by atoms with van der Waals surface area (Å²) in [6, 6.07) is -0.495. The molecule has 0 radical (unpaired) electrons. The van der Waals surface area contributed by atoms with Crippen LogP contribution in [0, 0.1) is 0 Å². The molecule has 1 aliphatic heterocycles. The normalized spacial score (nSPS) is 24.6. The van der Waals surface area contributed by atoms with Crippen LogP contribution in [0.1, 0.15) is 26.2 Å². The van der Waals surface area contributed by atoms with Crippen molar-refractivity contribution >= 4 is 11.9 Å². The Balaban J connectivity index is 2.32. The van der Waals surface area contributed by atoms with Gasteiger partial charge in [0, 0.05) is 6.04 Å². The van der Waals surface area contributed by atoms with Gasteiger partial charge in [-0.1, -0.05) is 0 Å². The minimum Gasteiger partial charge on any atom is -0.466 e. The molecule has 1 fully saturated rings. The number of hydrogen-bond donors (Lipinski definition) is 2. The van der Waals surface area contributed by atoms with E-state index in [4.69, 9.17) is 15.2 Å². The first-order valence-corrected chi connectivity index (χ1v) is 6.39. The second kappa shape index (κ2) is 8.08. The lowest BCUT2D eigenvalue weighted by molar-refractivity contribution is -0.160. The van der Waals surface area contributed by atoms with E-state index in [-0.39, 0.29) is 18.9 Å². The summed E-state index contributed by atoms with van der Waals surface area (Å²) in [5, 5.41) is 3.05. The highest BCUT2D eigenvalue weighted by molar-refractivity contribution is 5.79. The van der Waals surface area contributed by atoms with Crippen molar-refractivity contribution in [1.29, 1.82) is 0 Å². The molecule has 0 amide bonds. The minimum absolute atomic E-state index is 0.0477. The van der Waals surface area contributed by atoms with Crippen LogP contribution >= 0.6 is 0 Å². The second-order valence-corrected chi connectivity index (χ2v) is 4.63. The highest BCUT2D eigenvalue weighted by Crippen LogP contribution is 2.14. The summed E-state index contributed by atoms with van der Waals surface area (Å²) in [7, 11) is 1.24. The Labute approximate surface area is 112 Å². The summed E-state index contributed by atoms with van der Waals surface area (Å²) < 4.78 is 14.8. The Hall–Kier alpha value is -1.18. The van der Waals surface area contributed by atoms with Crippen LogP contribution < -0.4 is 11.1 Å². The van der Waals surface area contributed by atoms with Crippen molar-refractivity contribution in [1.82, 2.24) is 5.32 Å². The molecule has 1 rings (SSSR count). The lowest BCUT2D eigenvalue weighted by Crippen LogP contribution is -2.49. The van der Waals surface area contributed by atoms with Gasteiger partial charge in [-0.3, -0.25) is 10.1 Å². The molecular weight excluding hydrogens is 252 g/mol. The zero-order valence-electron chi connectivity index (χ0n) is 11.4. The fraction of sp³-hybridized carbons (Fsp3) is 0.833. The number of carbonyl (C=O) groups excluding carboxylic acids is 2. The summed E-state index contributed by atoms with van der Waals surface area (Å²) in [4.78, 5) is 22.6. The quantitative estimate of drug-likeness (QED) is 0.632. The van der Waals surface area contributed by atoms with Crippen LogP contribution in [0.5, 0.6) is 0 Å². The molecule has 0 bridgehead atoms. The fourth-order valence-electron chi connectivity index (χ4n) is 1.77. The molecule has 0 aromatic rings. The third-order valence-corrected chi connectivity index (χ3v) is 2.75. The van der Waals surface area contributed by atoms with Gasteiger partial charge in [0.1, 0.15) is 12.3 Å². The predicted octanol–water partition coefficient (Wildman–Crippen LogP) is -0.465. The monoisotopic (exact) mass is 274 g/mol. The number of hydrogen-bond acceptors (Lipinski definition) is 7. The number of nitrogens with one attached hydrogen (secondary N) is 1. The Kier molecular flexibility index (Phi) is 6.75. The van der Waals surface area contributed by atoms with E-state index in [9.17, 15) is 9.59 Å². The van der Waals surface area contributed by atoms with E-state index in [1.807, 2.05) is 6.92 Å². The van der Waals surface area contributed by atoms with Crippen molar-refractivity contribution in [3.05, 3.63) is 0 Å². The van der Waals surface area contributed by atoms with Gasteiger partial charge in [0.15, 0.2) is 6.61 Å². The van der Waals surface area contributed by atoms with Gasteiger partial charge in [-0.25, -0.2) is 4.79 Å². The molecule has 3 unspecified atom stereocenters. The largest absolute Gasteiger partial charge is 0.466 e. The maximum absolute atomic E-state index is 11.7. The average Bonchev–Trinajstić information content (AvgIpc) is 2.42. The molecule has 3 atom stereocenters. The SMILES string of the molecule is COC(=O)COC(=O)C1CCCC(OCC(C)N)N1. The number of methoxy groups -OCH3 is 1. The lowest BCUT2D eigenvalue weighted by atomic mass is 10.0. The smallest absolute Gasteiger partial charge is 0.344 e. The first-order chi connectivity index (χ1) is 9.02. The second-order valence-electron chi connectivity index (χ2n) is 4.63. The Bertz CT molecular complexity index is 308. The third kappa shape index (κ3) is 6.00. The third-order valence-electron chi connectivity index (χ3n) is 2.75. The Morgan fingerprint density at radius 1 is 1.42 bits per heavy atom. The minimum atomic E-state index is -0.575. The van der Waals surface area contributed by atoms with Gasteiger partial charge in [-0.2, -0.15) is 0 Å². The van der Waals surface area contributed by atoms with Crippen LogP contribution in [0.2, 0.25) is 0 Å². The molecule has 1 aliphatic rings. The van der Waals surface area contributed by atoms with Crippen LogP contribution in [0.3, 0.4) is 0 Å². The Morgan fingerprint density at radius 2 is 2.16 bits per heavy atom. The predicted molar refractivity (Wildman–Crippen MR) is 67.1 cm³/mol. The summed E-state index contributed by atoms with van der Waals surface area (Å²) in [6.45, 7) is 1.92. The van der Waals surface area contributed by atoms with E-state index in [0.717, 1.165) is 12.8 Å². The number of ether oxygens (including phenoxy) is 3. The van der Waals surface area contributed by atoms with Crippen LogP contribution in [-0.4, -0.2) is 50.6 Å². The van der Waals surface area contributed by atoms with Crippen molar-refractivity contribution in [3.63, 3.8) is 0 Å². The standard InChI is InChI=1S/C12H22N2O5/c1-8(13)6-18-10-5-3-4-9(14-10)12(16)19-7-11(15)17-2/h8-10,14H,3-7,13H2,1-2H3. The first kappa shape index (κ1) is 15.9. The molecule has 0 aromatic heterocycles. The molecule has 0 aliphatic carbocycles. The van der Waals surface area contributed by atoms with Gasteiger partial charge in [-0.15, -0.1) is 0 Å². The highest BCUT2D eigenvalue weighted by atomic mass is 16.6. The van der Waals surface area contributed by atoms with Gasteiger partial charge in [0.25, 0.3) is 0 Å². The molecule has 0 aromatic carbocycles. The molecule has 7 nitrogen and oxygen atoms in total. The molecule has 3 N–H and O–H groups in total. The van der Waals surface area contributed by atoms with Crippen molar-refractivity contribution in [3.8, 4) is 0 Å². The molecule has 1 saturated heterocycles. The van der Waals surface area contributed by atoms with Crippen molar-refractivity contribution < 1.29 is 23.8 Å². The van der Waals surface area contributed by atoms with Crippen molar-refractivity contribution in [2.75, 3.05) is 20.3 Å². The zero-order chi connectivity index (χ0) is 14.3. The molecular formula is C12H22N2O5. The molecule has 1 heterocycles. The molecule has 0 spiro atoms. The maximum Gasteiger partial charge on any atom is 0.344 e. The van der Waals surface area contributed by atoms with Crippen LogP contribution in [0.25, 0.3) is 0 Å². The molecule has 7 heteroatoms. The molecule has 0 saturated carbocycles. The van der Waals surface area contributed by atoms with Gasteiger partial charge in [0.05, 0.1) is 13.7 Å². The van der Waals surface area contributed by atoms with E-state index < -0.39 is 18.0 Å². The number of esters is 2. The van der Waals surface area contributed by atoms with Gasteiger partial charge in [0.2, 0.25) is 0 Å². The summed E-state index contributed by atoms with van der Waals surface area (Å²) in [5.41, 5.74) is 5.60.